The van der Waals surface area contributed by atoms with Crippen molar-refractivity contribution in [2.24, 2.45) is 5.73 Å². The molecule has 1 aromatic heterocycles. The molecule has 114 valence electrons. The summed E-state index contributed by atoms with van der Waals surface area (Å²) in [6.45, 7) is 8.19. The van der Waals surface area contributed by atoms with Crippen LogP contribution in [0.15, 0.2) is 6.33 Å². The first-order valence-corrected chi connectivity index (χ1v) is 8.01. The SMILES string of the molecule is CCCCCCCC(C)(CN)N1CCn2cnnc2C1. The molecule has 0 saturated carbocycles. The summed E-state index contributed by atoms with van der Waals surface area (Å²) in [5, 5.41) is 8.20. The van der Waals surface area contributed by atoms with Gasteiger partial charge in [-0.2, -0.15) is 0 Å². The average molecular weight is 279 g/mol. The normalized spacial score (nSPS) is 18.8. The lowest BCUT2D eigenvalue weighted by Gasteiger charge is -2.42. The van der Waals surface area contributed by atoms with Crippen molar-refractivity contribution in [3.63, 3.8) is 0 Å². The van der Waals surface area contributed by atoms with Crippen LogP contribution >= 0.6 is 0 Å². The number of nitrogens with two attached hydrogens (primary N) is 1. The van der Waals surface area contributed by atoms with Crippen LogP contribution < -0.4 is 5.73 Å². The Hall–Kier alpha value is -0.940. The van der Waals surface area contributed by atoms with Crippen LogP contribution in [0.3, 0.4) is 0 Å². The fraction of sp³-hybridized carbons (Fsp3) is 0.867. The maximum atomic E-state index is 6.09. The zero-order valence-electron chi connectivity index (χ0n) is 13.0. The largest absolute Gasteiger partial charge is 0.329 e. The van der Waals surface area contributed by atoms with Gasteiger partial charge in [0.2, 0.25) is 0 Å². The fourth-order valence-electron chi connectivity index (χ4n) is 3.03. The Morgan fingerprint density at radius 3 is 2.80 bits per heavy atom. The first-order valence-electron chi connectivity index (χ1n) is 8.01. The van der Waals surface area contributed by atoms with Crippen LogP contribution in [0, 0.1) is 0 Å². The zero-order chi connectivity index (χ0) is 14.4. The molecule has 2 rings (SSSR count). The standard InChI is InChI=1S/C15H29N5/c1-3-4-5-6-7-8-15(2,12-16)20-10-9-19-13-17-18-14(19)11-20/h13H,3-12,16H2,1-2H3. The highest BCUT2D eigenvalue weighted by Gasteiger charge is 2.33. The fourth-order valence-corrected chi connectivity index (χ4v) is 3.03. The monoisotopic (exact) mass is 279 g/mol. The third kappa shape index (κ3) is 3.58. The number of nitrogens with zero attached hydrogens (tertiary/aromatic N) is 4. The van der Waals surface area contributed by atoms with Crippen LogP contribution in [-0.2, 0) is 13.1 Å². The molecule has 0 amide bonds. The van der Waals surface area contributed by atoms with Gasteiger partial charge in [0.25, 0.3) is 0 Å². The molecule has 2 N–H and O–H groups in total. The Kier molecular flexibility index (Phi) is 5.54. The highest BCUT2D eigenvalue weighted by atomic mass is 15.3. The molecule has 1 aliphatic rings. The lowest BCUT2D eigenvalue weighted by molar-refractivity contribution is 0.0677. The highest BCUT2D eigenvalue weighted by molar-refractivity contribution is 4.96. The van der Waals surface area contributed by atoms with E-state index in [1.807, 2.05) is 6.33 Å². The Morgan fingerprint density at radius 1 is 1.25 bits per heavy atom. The van der Waals surface area contributed by atoms with Gasteiger partial charge in [0, 0.05) is 25.2 Å². The molecule has 2 heterocycles. The zero-order valence-corrected chi connectivity index (χ0v) is 13.0. The Bertz CT molecular complexity index is 403. The summed E-state index contributed by atoms with van der Waals surface area (Å²) >= 11 is 0. The minimum atomic E-state index is 0.101. The van der Waals surface area contributed by atoms with Crippen molar-refractivity contribution >= 4 is 0 Å². The van der Waals surface area contributed by atoms with Gasteiger partial charge < -0.3 is 10.3 Å². The molecule has 0 bridgehead atoms. The summed E-state index contributed by atoms with van der Waals surface area (Å²) in [6, 6.07) is 0. The van der Waals surface area contributed by atoms with Gasteiger partial charge in [-0.25, -0.2) is 0 Å². The highest BCUT2D eigenvalue weighted by Crippen LogP contribution is 2.25. The van der Waals surface area contributed by atoms with E-state index in [-0.39, 0.29) is 5.54 Å². The molecule has 1 aromatic rings. The average Bonchev–Trinajstić information content (AvgIpc) is 2.94. The van der Waals surface area contributed by atoms with Gasteiger partial charge in [-0.15, -0.1) is 10.2 Å². The van der Waals surface area contributed by atoms with E-state index in [1.54, 1.807) is 0 Å². The van der Waals surface area contributed by atoms with Gasteiger partial charge in [0.15, 0.2) is 0 Å². The summed E-state index contributed by atoms with van der Waals surface area (Å²) in [6.07, 6.45) is 9.62. The van der Waals surface area contributed by atoms with Crippen LogP contribution in [0.25, 0.3) is 0 Å². The van der Waals surface area contributed by atoms with Gasteiger partial charge in [-0.05, 0) is 13.3 Å². The van der Waals surface area contributed by atoms with Crippen LogP contribution in [0.1, 0.15) is 58.2 Å². The van der Waals surface area contributed by atoms with E-state index < -0.39 is 0 Å². The van der Waals surface area contributed by atoms with Crippen molar-refractivity contribution in [2.45, 2.75) is 71.0 Å². The van der Waals surface area contributed by atoms with Gasteiger partial charge in [-0.1, -0.05) is 39.0 Å². The molecule has 0 aliphatic carbocycles. The van der Waals surface area contributed by atoms with Crippen LogP contribution in [0.4, 0.5) is 0 Å². The van der Waals surface area contributed by atoms with E-state index in [1.165, 1.54) is 38.5 Å². The lowest BCUT2D eigenvalue weighted by Crippen LogP contribution is -2.54. The van der Waals surface area contributed by atoms with Crippen molar-refractivity contribution in [1.29, 1.82) is 0 Å². The van der Waals surface area contributed by atoms with Crippen molar-refractivity contribution in [1.82, 2.24) is 19.7 Å². The minimum Gasteiger partial charge on any atom is -0.329 e. The third-order valence-electron chi connectivity index (χ3n) is 4.66. The van der Waals surface area contributed by atoms with E-state index >= 15 is 0 Å². The summed E-state index contributed by atoms with van der Waals surface area (Å²) in [5.41, 5.74) is 6.19. The molecule has 5 heteroatoms. The first-order chi connectivity index (χ1) is 9.69. The predicted molar refractivity (Wildman–Crippen MR) is 81.3 cm³/mol. The summed E-state index contributed by atoms with van der Waals surface area (Å²) in [7, 11) is 0. The maximum Gasteiger partial charge on any atom is 0.147 e. The summed E-state index contributed by atoms with van der Waals surface area (Å²) < 4.78 is 2.15. The van der Waals surface area contributed by atoms with Crippen molar-refractivity contribution in [2.75, 3.05) is 13.1 Å². The van der Waals surface area contributed by atoms with E-state index in [0.29, 0.717) is 0 Å². The van der Waals surface area contributed by atoms with E-state index in [0.717, 1.165) is 32.0 Å². The van der Waals surface area contributed by atoms with Crippen LogP contribution in [0.2, 0.25) is 0 Å². The molecule has 0 aromatic carbocycles. The number of hydrogen-bond acceptors (Lipinski definition) is 4. The van der Waals surface area contributed by atoms with Gasteiger partial charge in [0.1, 0.15) is 12.2 Å². The van der Waals surface area contributed by atoms with Crippen molar-refractivity contribution < 1.29 is 0 Å². The van der Waals surface area contributed by atoms with E-state index in [4.69, 9.17) is 5.73 Å². The smallest absolute Gasteiger partial charge is 0.147 e. The molecule has 1 aliphatic heterocycles. The Morgan fingerprint density at radius 2 is 2.05 bits per heavy atom. The van der Waals surface area contributed by atoms with E-state index in [2.05, 4.69) is 33.5 Å². The van der Waals surface area contributed by atoms with Gasteiger partial charge >= 0.3 is 0 Å². The number of hydrogen-bond donors (Lipinski definition) is 1. The quantitative estimate of drug-likeness (QED) is 0.741. The summed E-state index contributed by atoms with van der Waals surface area (Å²) in [5.74, 6) is 1.07. The topological polar surface area (TPSA) is 60.0 Å². The molecule has 5 nitrogen and oxygen atoms in total. The predicted octanol–water partition coefficient (Wildman–Crippen LogP) is 2.17. The van der Waals surface area contributed by atoms with Crippen LogP contribution in [0.5, 0.6) is 0 Å². The number of rotatable bonds is 8. The molecule has 0 spiro atoms. The second-order valence-electron chi connectivity index (χ2n) is 6.23. The Balaban J connectivity index is 1.87. The third-order valence-corrected chi connectivity index (χ3v) is 4.66. The molecule has 20 heavy (non-hydrogen) atoms. The molecule has 0 saturated heterocycles. The second-order valence-corrected chi connectivity index (χ2v) is 6.23. The second kappa shape index (κ2) is 7.18. The number of aromatic nitrogens is 3. The molecule has 1 unspecified atom stereocenters. The summed E-state index contributed by atoms with van der Waals surface area (Å²) in [4.78, 5) is 2.50. The molecule has 1 atom stereocenters. The molecular formula is C15H29N5. The lowest BCUT2D eigenvalue weighted by atomic mass is 9.91. The number of unbranched alkanes of at least 4 members (excludes halogenated alkanes) is 4. The first kappa shape index (κ1) is 15.4. The van der Waals surface area contributed by atoms with Gasteiger partial charge in [-0.3, -0.25) is 4.90 Å². The Labute approximate surface area is 122 Å². The minimum absolute atomic E-state index is 0.101. The maximum absolute atomic E-state index is 6.09. The number of fused-ring (bicyclic) bond motifs is 1. The van der Waals surface area contributed by atoms with E-state index in [9.17, 15) is 0 Å². The van der Waals surface area contributed by atoms with Gasteiger partial charge in [0.05, 0.1) is 6.54 Å². The van der Waals surface area contributed by atoms with Crippen molar-refractivity contribution in [3.05, 3.63) is 12.2 Å². The molecule has 0 fully saturated rings. The molecular weight excluding hydrogens is 250 g/mol. The van der Waals surface area contributed by atoms with Crippen LogP contribution in [-0.4, -0.2) is 38.3 Å². The van der Waals surface area contributed by atoms with Crippen molar-refractivity contribution in [3.8, 4) is 0 Å². The molecule has 0 radical (unpaired) electrons.